The zero-order valence-electron chi connectivity index (χ0n) is 16.7. The summed E-state index contributed by atoms with van der Waals surface area (Å²) < 4.78 is 16.7. The van der Waals surface area contributed by atoms with E-state index in [-0.39, 0.29) is 5.78 Å². The number of ketones is 1. The smallest absolute Gasteiger partial charge is 0.239 e. The zero-order chi connectivity index (χ0) is 19.9. The Kier molecular flexibility index (Phi) is 6.60. The topological polar surface area (TPSA) is 44.8 Å². The maximum Gasteiger partial charge on any atom is 0.239 e. The van der Waals surface area contributed by atoms with Crippen LogP contribution in [0.15, 0.2) is 36.4 Å². The van der Waals surface area contributed by atoms with Crippen molar-refractivity contribution in [3.05, 3.63) is 53.1 Å². The van der Waals surface area contributed by atoms with Gasteiger partial charge in [-0.05, 0) is 67.5 Å². The summed E-state index contributed by atoms with van der Waals surface area (Å²) in [5.74, 6) is 7.98. The second kappa shape index (κ2) is 9.32. The van der Waals surface area contributed by atoms with Crippen molar-refractivity contribution in [2.45, 2.75) is 38.5 Å². The zero-order valence-corrected chi connectivity index (χ0v) is 16.7. The molecule has 0 amide bonds. The molecule has 2 aromatic carbocycles. The molecule has 0 radical (unpaired) electrons. The van der Waals surface area contributed by atoms with Crippen LogP contribution in [-0.4, -0.2) is 26.6 Å². The van der Waals surface area contributed by atoms with Crippen LogP contribution in [0.1, 0.15) is 60.0 Å². The lowest BCUT2D eigenvalue weighted by Gasteiger charge is -2.15. The minimum absolute atomic E-state index is 0.260. The van der Waals surface area contributed by atoms with Gasteiger partial charge in [-0.15, -0.1) is 0 Å². The van der Waals surface area contributed by atoms with Crippen molar-refractivity contribution in [3.63, 3.8) is 0 Å². The van der Waals surface area contributed by atoms with Crippen LogP contribution < -0.4 is 14.2 Å². The summed E-state index contributed by atoms with van der Waals surface area (Å²) >= 11 is 0. The second-order valence-corrected chi connectivity index (χ2v) is 6.84. The number of methoxy groups -OCH3 is 2. The molecule has 1 aliphatic rings. The number of carbonyl (C=O) groups is 1. The summed E-state index contributed by atoms with van der Waals surface area (Å²) in [6.45, 7) is 2.84. The normalized spacial score (nSPS) is 12.7. The van der Waals surface area contributed by atoms with E-state index in [4.69, 9.17) is 14.2 Å². The Labute approximate surface area is 166 Å². The predicted molar refractivity (Wildman–Crippen MR) is 110 cm³/mol. The molecule has 0 spiro atoms. The molecule has 0 atom stereocenters. The highest BCUT2D eigenvalue weighted by molar-refractivity contribution is 6.11. The van der Waals surface area contributed by atoms with Crippen molar-refractivity contribution in [2.24, 2.45) is 0 Å². The Balaban J connectivity index is 1.78. The van der Waals surface area contributed by atoms with Crippen LogP contribution in [0.3, 0.4) is 0 Å². The number of carbonyl (C=O) groups excluding carboxylic acids is 1. The van der Waals surface area contributed by atoms with Gasteiger partial charge in [-0.2, -0.15) is 0 Å². The SMILES string of the molecule is CCCCOc1ccc(C#CC(=O)c2ccc(OC)c(C3CC3)c2OC)cc1. The molecule has 4 nitrogen and oxygen atoms in total. The van der Waals surface area contributed by atoms with Crippen LogP contribution >= 0.6 is 0 Å². The number of unbranched alkanes of at least 4 members (excludes halogenated alkanes) is 1. The van der Waals surface area contributed by atoms with Crippen LogP contribution in [0, 0.1) is 11.8 Å². The fourth-order valence-corrected chi connectivity index (χ4v) is 3.08. The van der Waals surface area contributed by atoms with Crippen molar-refractivity contribution < 1.29 is 19.0 Å². The third-order valence-electron chi connectivity index (χ3n) is 4.75. The maximum atomic E-state index is 12.7. The molecular formula is C24H26O4. The Bertz CT molecular complexity index is 883. The predicted octanol–water partition coefficient (Wildman–Crippen LogP) is 4.99. The minimum Gasteiger partial charge on any atom is -0.496 e. The lowest BCUT2D eigenvalue weighted by Crippen LogP contribution is -2.04. The molecule has 3 rings (SSSR count). The van der Waals surface area contributed by atoms with E-state index >= 15 is 0 Å². The molecule has 1 saturated carbocycles. The Hall–Kier alpha value is -2.93. The van der Waals surface area contributed by atoms with Gasteiger partial charge >= 0.3 is 0 Å². The molecule has 0 unspecified atom stereocenters. The van der Waals surface area contributed by atoms with E-state index in [1.165, 1.54) is 0 Å². The number of Topliss-reactive ketones (excluding diaryl/α,β-unsaturated/α-hetero) is 1. The summed E-state index contributed by atoms with van der Waals surface area (Å²) in [6, 6.07) is 11.0. The third kappa shape index (κ3) is 4.67. The van der Waals surface area contributed by atoms with Crippen LogP contribution in [0.2, 0.25) is 0 Å². The lowest BCUT2D eigenvalue weighted by molar-refractivity contribution is 0.105. The van der Waals surface area contributed by atoms with Crippen LogP contribution in [0.5, 0.6) is 17.2 Å². The maximum absolute atomic E-state index is 12.7. The van der Waals surface area contributed by atoms with Crippen LogP contribution in [0.25, 0.3) is 0 Å². The summed E-state index contributed by atoms with van der Waals surface area (Å²) in [7, 11) is 3.22. The number of hydrogen-bond acceptors (Lipinski definition) is 4. The fraction of sp³-hybridized carbons (Fsp3) is 0.375. The van der Waals surface area contributed by atoms with Gasteiger partial charge in [0.1, 0.15) is 17.2 Å². The summed E-state index contributed by atoms with van der Waals surface area (Å²) in [4.78, 5) is 12.7. The van der Waals surface area contributed by atoms with E-state index in [2.05, 4.69) is 18.8 Å². The van der Waals surface area contributed by atoms with Crippen molar-refractivity contribution in [2.75, 3.05) is 20.8 Å². The van der Waals surface area contributed by atoms with Gasteiger partial charge in [0.25, 0.3) is 0 Å². The quantitative estimate of drug-likeness (QED) is 0.369. The van der Waals surface area contributed by atoms with E-state index in [1.54, 1.807) is 20.3 Å². The molecule has 1 fully saturated rings. The van der Waals surface area contributed by atoms with Crippen molar-refractivity contribution in [1.82, 2.24) is 0 Å². The first-order valence-corrected chi connectivity index (χ1v) is 9.72. The van der Waals surface area contributed by atoms with E-state index in [9.17, 15) is 4.79 Å². The van der Waals surface area contributed by atoms with Gasteiger partial charge in [0, 0.05) is 11.1 Å². The van der Waals surface area contributed by atoms with Crippen molar-refractivity contribution in [3.8, 4) is 29.1 Å². The Morgan fingerprint density at radius 2 is 1.82 bits per heavy atom. The second-order valence-electron chi connectivity index (χ2n) is 6.84. The lowest BCUT2D eigenvalue weighted by atomic mass is 10.0. The fourth-order valence-electron chi connectivity index (χ4n) is 3.08. The first-order chi connectivity index (χ1) is 13.7. The molecule has 0 heterocycles. The van der Waals surface area contributed by atoms with E-state index in [1.807, 2.05) is 30.3 Å². The highest BCUT2D eigenvalue weighted by Gasteiger charge is 2.32. The first kappa shape index (κ1) is 19.8. The van der Waals surface area contributed by atoms with Gasteiger partial charge in [-0.1, -0.05) is 19.3 Å². The molecule has 4 heteroatoms. The van der Waals surface area contributed by atoms with E-state index in [0.717, 1.165) is 48.3 Å². The third-order valence-corrected chi connectivity index (χ3v) is 4.75. The van der Waals surface area contributed by atoms with Gasteiger partial charge in [-0.3, -0.25) is 4.79 Å². The van der Waals surface area contributed by atoms with Gasteiger partial charge in [0.15, 0.2) is 0 Å². The molecule has 0 bridgehead atoms. The van der Waals surface area contributed by atoms with E-state index < -0.39 is 0 Å². The largest absolute Gasteiger partial charge is 0.496 e. The number of benzene rings is 2. The van der Waals surface area contributed by atoms with E-state index in [0.29, 0.717) is 23.8 Å². The summed E-state index contributed by atoms with van der Waals surface area (Å²) in [5.41, 5.74) is 2.23. The van der Waals surface area contributed by atoms with Gasteiger partial charge in [-0.25, -0.2) is 0 Å². The first-order valence-electron chi connectivity index (χ1n) is 9.72. The Morgan fingerprint density at radius 1 is 1.07 bits per heavy atom. The number of ether oxygens (including phenoxy) is 3. The molecule has 1 aliphatic carbocycles. The highest BCUT2D eigenvalue weighted by atomic mass is 16.5. The van der Waals surface area contributed by atoms with Crippen LogP contribution in [-0.2, 0) is 0 Å². The molecule has 0 saturated heterocycles. The molecular weight excluding hydrogens is 352 g/mol. The van der Waals surface area contributed by atoms with Gasteiger partial charge < -0.3 is 14.2 Å². The average molecular weight is 378 g/mol. The van der Waals surface area contributed by atoms with Gasteiger partial charge in [0.05, 0.1) is 26.4 Å². The molecule has 0 aromatic heterocycles. The standard InChI is InChI=1S/C24H26O4/c1-4-5-16-28-19-11-6-17(7-12-19)8-14-21(25)20-13-15-22(26-2)23(18-9-10-18)24(20)27-3/h6-7,11-13,15,18H,4-5,9-10,16H2,1-3H3. The summed E-state index contributed by atoms with van der Waals surface area (Å²) in [5, 5.41) is 0. The van der Waals surface area contributed by atoms with Crippen molar-refractivity contribution in [1.29, 1.82) is 0 Å². The van der Waals surface area contributed by atoms with Gasteiger partial charge in [0.2, 0.25) is 5.78 Å². The van der Waals surface area contributed by atoms with Crippen molar-refractivity contribution >= 4 is 5.78 Å². The highest BCUT2D eigenvalue weighted by Crippen LogP contribution is 2.49. The summed E-state index contributed by atoms with van der Waals surface area (Å²) in [6.07, 6.45) is 4.30. The minimum atomic E-state index is -0.260. The molecule has 28 heavy (non-hydrogen) atoms. The van der Waals surface area contributed by atoms with Crippen LogP contribution in [0.4, 0.5) is 0 Å². The number of rotatable bonds is 8. The molecule has 0 N–H and O–H groups in total. The molecule has 2 aromatic rings. The molecule has 146 valence electrons. The number of hydrogen-bond donors (Lipinski definition) is 0. The average Bonchev–Trinajstić information content (AvgIpc) is 3.57. The monoisotopic (exact) mass is 378 g/mol. The molecule has 0 aliphatic heterocycles. The Morgan fingerprint density at radius 3 is 2.43 bits per heavy atom.